The van der Waals surface area contributed by atoms with Crippen LogP contribution in [0.1, 0.15) is 159 Å². The van der Waals surface area contributed by atoms with Crippen LogP contribution in [0, 0.1) is 0 Å². The zero-order valence-corrected chi connectivity index (χ0v) is 34.3. The largest absolute Gasteiger partial charge is 0.510 e. The van der Waals surface area contributed by atoms with E-state index in [1.807, 2.05) is 0 Å². The van der Waals surface area contributed by atoms with Crippen molar-refractivity contribution in [3.63, 3.8) is 0 Å². The van der Waals surface area contributed by atoms with Gasteiger partial charge in [0.2, 0.25) is 0 Å². The Morgan fingerprint density at radius 2 is 0.964 bits per heavy atom. The van der Waals surface area contributed by atoms with E-state index in [0.717, 1.165) is 51.6 Å². The number of carbonyl (C=O) groups is 1. The Morgan fingerprint density at radius 1 is 0.571 bits per heavy atom. The summed E-state index contributed by atoms with van der Waals surface area (Å²) in [6, 6.07) is 6.30. The van der Waals surface area contributed by atoms with Gasteiger partial charge in [-0.3, -0.25) is 4.79 Å². The molecule has 0 amide bonds. The summed E-state index contributed by atoms with van der Waals surface area (Å²) in [6.45, 7) is 8.52. The van der Waals surface area contributed by atoms with Gasteiger partial charge in [-0.1, -0.05) is 104 Å². The van der Waals surface area contributed by atoms with Gasteiger partial charge in [0.05, 0.1) is 42.0 Å². The molecular weight excluding hydrogens is 709 g/mol. The second kappa shape index (κ2) is 22.3. The lowest BCUT2D eigenvalue weighted by molar-refractivity contribution is -0.116. The molecular formula is C46H70N2O8. The fraction of sp³-hybridized carbons (Fsp3) is 0.674. The number of hydrogen-bond donors (Lipinski definition) is 5. The molecule has 2 heterocycles. The molecule has 0 spiro atoms. The number of allylic oxidation sites excluding steroid dienone is 2. The number of benzene rings is 2. The van der Waals surface area contributed by atoms with Crippen LogP contribution in [0.3, 0.4) is 0 Å². The van der Waals surface area contributed by atoms with Crippen molar-refractivity contribution in [3.8, 4) is 23.0 Å². The molecule has 3 aliphatic rings. The van der Waals surface area contributed by atoms with Crippen LogP contribution in [0.2, 0.25) is 0 Å². The molecule has 0 radical (unpaired) electrons. The summed E-state index contributed by atoms with van der Waals surface area (Å²) in [6.07, 6.45) is 23.7. The lowest BCUT2D eigenvalue weighted by atomic mass is 9.74. The number of nitrogens with zero attached hydrogens (tertiary/aromatic N) is 2. The first kappa shape index (κ1) is 43.5. The highest BCUT2D eigenvalue weighted by atomic mass is 16.5. The predicted molar refractivity (Wildman–Crippen MR) is 224 cm³/mol. The lowest BCUT2D eigenvalue weighted by Gasteiger charge is -2.32. The van der Waals surface area contributed by atoms with Crippen LogP contribution >= 0.6 is 0 Å². The average molecular weight is 779 g/mol. The number of phenols is 4. The molecule has 10 nitrogen and oxygen atoms in total. The highest BCUT2D eigenvalue weighted by Gasteiger charge is 2.46. The van der Waals surface area contributed by atoms with E-state index < -0.39 is 17.5 Å². The third-order valence-electron chi connectivity index (χ3n) is 12.1. The van der Waals surface area contributed by atoms with Gasteiger partial charge in [-0.15, -0.1) is 0 Å². The van der Waals surface area contributed by atoms with Crippen molar-refractivity contribution in [3.05, 3.63) is 41.2 Å². The highest BCUT2D eigenvalue weighted by molar-refractivity contribution is 6.33. The molecule has 10 heteroatoms. The number of unbranched alkanes of at least 4 members (excludes halogenated alkanes) is 14. The van der Waals surface area contributed by atoms with Gasteiger partial charge in [0, 0.05) is 61.9 Å². The molecule has 2 aliphatic heterocycles. The van der Waals surface area contributed by atoms with Gasteiger partial charge >= 0.3 is 0 Å². The number of rotatable bonds is 26. The average Bonchev–Trinajstić information content (AvgIpc) is 3.86. The van der Waals surface area contributed by atoms with Crippen LogP contribution in [-0.4, -0.2) is 82.9 Å². The van der Waals surface area contributed by atoms with Crippen LogP contribution in [-0.2, 0) is 14.3 Å². The maximum absolute atomic E-state index is 13.6. The number of ketones is 1. The fourth-order valence-electron chi connectivity index (χ4n) is 8.88. The normalized spacial score (nSPS) is 19.8. The standard InChI is InChI=1S/C46H70N2O8/c1-3-5-7-9-11-13-15-17-25-55-31-33-21-19-23-47(33)35-27-37(49)41(38(50)28-35)43-45(53)44(46(43)54)42-39(51)29-36(30-40(42)52)48-24-20-22-34(48)32-56-26-18-16-14-12-10-8-6-4-2/h27-30,33-34,43,49-53H,3-26,31-32H2,1-2H3/t33-,34-,43?/m0/s1. The van der Waals surface area contributed by atoms with Gasteiger partial charge in [-0.05, 0) is 38.5 Å². The summed E-state index contributed by atoms with van der Waals surface area (Å²) in [5.74, 6) is -3.61. The summed E-state index contributed by atoms with van der Waals surface area (Å²) in [4.78, 5) is 17.8. The molecule has 56 heavy (non-hydrogen) atoms. The van der Waals surface area contributed by atoms with Crippen molar-refractivity contribution >= 4 is 22.7 Å². The SMILES string of the molecule is CCCCCCCCCCOC[C@@H]1CCCN1c1cc(O)c(C2=C(O)C(c3c(O)cc(N4CCC[C@H]4COCCCCCCCCCC)cc3O)C2=O)c(O)c1. The fourth-order valence-corrected chi connectivity index (χ4v) is 8.88. The number of aliphatic hydroxyl groups excluding tert-OH is 1. The van der Waals surface area contributed by atoms with E-state index in [-0.39, 0.29) is 51.8 Å². The summed E-state index contributed by atoms with van der Waals surface area (Å²) in [5, 5.41) is 55.7. The first-order chi connectivity index (χ1) is 27.3. The maximum Gasteiger partial charge on any atom is 0.182 e. The van der Waals surface area contributed by atoms with Crippen molar-refractivity contribution in [1.82, 2.24) is 0 Å². The highest BCUT2D eigenvalue weighted by Crippen LogP contribution is 2.53. The molecule has 3 atom stereocenters. The molecule has 2 aromatic rings. The first-order valence-electron chi connectivity index (χ1n) is 22.0. The zero-order valence-electron chi connectivity index (χ0n) is 34.3. The van der Waals surface area contributed by atoms with E-state index in [9.17, 15) is 30.3 Å². The van der Waals surface area contributed by atoms with E-state index in [0.29, 0.717) is 37.8 Å². The van der Waals surface area contributed by atoms with Gasteiger partial charge < -0.3 is 44.8 Å². The molecule has 2 fully saturated rings. The molecule has 0 saturated carbocycles. The van der Waals surface area contributed by atoms with Gasteiger partial charge in [0.1, 0.15) is 34.7 Å². The van der Waals surface area contributed by atoms with Crippen molar-refractivity contribution in [2.45, 2.75) is 160 Å². The van der Waals surface area contributed by atoms with Crippen LogP contribution in [0.4, 0.5) is 11.4 Å². The number of phenolic OH excluding ortho intramolecular Hbond substituents is 4. The Bertz CT molecular complexity index is 1530. The summed E-state index contributed by atoms with van der Waals surface area (Å²) in [7, 11) is 0. The smallest absolute Gasteiger partial charge is 0.182 e. The quantitative estimate of drug-likeness (QED) is 0.0586. The molecule has 2 saturated heterocycles. The molecule has 0 aromatic heterocycles. The third-order valence-corrected chi connectivity index (χ3v) is 12.1. The minimum atomic E-state index is -1.32. The second-order valence-corrected chi connectivity index (χ2v) is 16.4. The van der Waals surface area contributed by atoms with E-state index in [1.165, 1.54) is 114 Å². The van der Waals surface area contributed by atoms with Gasteiger partial charge in [-0.25, -0.2) is 0 Å². The zero-order chi connectivity index (χ0) is 39.9. The topological polar surface area (TPSA) is 143 Å². The minimum absolute atomic E-state index is 0.0934. The van der Waals surface area contributed by atoms with E-state index in [1.54, 1.807) is 0 Å². The Kier molecular flexibility index (Phi) is 17.4. The number of Topliss-reactive ketones (excluding diaryl/α,β-unsaturated/α-hetero) is 1. The molecule has 1 aliphatic carbocycles. The first-order valence-corrected chi connectivity index (χ1v) is 22.0. The Morgan fingerprint density at radius 3 is 1.38 bits per heavy atom. The van der Waals surface area contributed by atoms with Crippen molar-refractivity contribution < 1.29 is 39.8 Å². The number of hydrogen-bond acceptors (Lipinski definition) is 10. The van der Waals surface area contributed by atoms with Crippen molar-refractivity contribution in [1.29, 1.82) is 0 Å². The predicted octanol–water partition coefficient (Wildman–Crippen LogP) is 10.4. The number of ether oxygens (including phenoxy) is 2. The maximum atomic E-state index is 13.6. The van der Waals surface area contributed by atoms with E-state index in [2.05, 4.69) is 23.6 Å². The molecule has 0 bridgehead atoms. The van der Waals surface area contributed by atoms with Crippen molar-refractivity contribution in [2.24, 2.45) is 0 Å². The van der Waals surface area contributed by atoms with Gasteiger partial charge in [0.25, 0.3) is 0 Å². The summed E-state index contributed by atoms with van der Waals surface area (Å²) >= 11 is 0. The van der Waals surface area contributed by atoms with Crippen LogP contribution in [0.15, 0.2) is 30.0 Å². The van der Waals surface area contributed by atoms with Gasteiger partial charge in [0.15, 0.2) is 5.78 Å². The summed E-state index contributed by atoms with van der Waals surface area (Å²) in [5.41, 5.74) is 0.775. The van der Waals surface area contributed by atoms with Crippen molar-refractivity contribution in [2.75, 3.05) is 49.3 Å². The second-order valence-electron chi connectivity index (χ2n) is 16.4. The minimum Gasteiger partial charge on any atom is -0.510 e. The number of aliphatic hydroxyl groups is 1. The Labute approximate surface area is 335 Å². The van der Waals surface area contributed by atoms with Crippen LogP contribution in [0.5, 0.6) is 23.0 Å². The third kappa shape index (κ3) is 11.3. The molecule has 2 aromatic carbocycles. The Balaban J connectivity index is 1.15. The Hall–Kier alpha value is -3.63. The monoisotopic (exact) mass is 779 g/mol. The molecule has 312 valence electrons. The summed E-state index contributed by atoms with van der Waals surface area (Å²) < 4.78 is 12.1. The number of anilines is 2. The van der Waals surface area contributed by atoms with Gasteiger partial charge in [-0.2, -0.15) is 0 Å². The number of carbonyl (C=O) groups excluding carboxylic acids is 1. The molecule has 1 unspecified atom stereocenters. The number of aromatic hydroxyl groups is 4. The lowest BCUT2D eigenvalue weighted by Crippen LogP contribution is -2.33. The molecule has 5 N–H and O–H groups in total. The van der Waals surface area contributed by atoms with Crippen LogP contribution < -0.4 is 9.80 Å². The van der Waals surface area contributed by atoms with E-state index >= 15 is 0 Å². The van der Waals surface area contributed by atoms with E-state index in [4.69, 9.17) is 9.47 Å². The molecule has 5 rings (SSSR count). The van der Waals surface area contributed by atoms with Crippen LogP contribution in [0.25, 0.3) is 5.57 Å².